The molecule has 1 aromatic carbocycles. The Hall–Kier alpha value is -2.95. The zero-order chi connectivity index (χ0) is 16.9. The molecule has 3 aromatic rings. The monoisotopic (exact) mass is 321 g/mol. The Morgan fingerprint density at radius 1 is 1.17 bits per heavy atom. The van der Waals surface area contributed by atoms with Gasteiger partial charge in [-0.1, -0.05) is 48.5 Å². The molecule has 2 aromatic heterocycles. The molecule has 24 heavy (non-hydrogen) atoms. The van der Waals surface area contributed by atoms with Crippen LogP contribution in [0.2, 0.25) is 0 Å². The molecule has 1 amide bonds. The van der Waals surface area contributed by atoms with Crippen molar-refractivity contribution < 1.29 is 9.32 Å². The lowest BCUT2D eigenvalue weighted by Crippen LogP contribution is -2.28. The van der Waals surface area contributed by atoms with E-state index in [1.54, 1.807) is 19.2 Å². The van der Waals surface area contributed by atoms with E-state index in [-0.39, 0.29) is 11.8 Å². The Bertz CT molecular complexity index is 813. The highest BCUT2D eigenvalue weighted by atomic mass is 16.5. The van der Waals surface area contributed by atoms with Gasteiger partial charge in [0.2, 0.25) is 0 Å². The van der Waals surface area contributed by atoms with Gasteiger partial charge in [0.1, 0.15) is 17.0 Å². The number of aromatic nitrogens is 2. The van der Waals surface area contributed by atoms with Crippen LogP contribution in [0.4, 0.5) is 0 Å². The molecular formula is C19H19N3O2. The van der Waals surface area contributed by atoms with Crippen LogP contribution in [0.15, 0.2) is 59.3 Å². The van der Waals surface area contributed by atoms with Crippen LogP contribution in [0, 0.1) is 6.92 Å². The van der Waals surface area contributed by atoms with Gasteiger partial charge in [0.15, 0.2) is 0 Å². The second-order valence-electron chi connectivity index (χ2n) is 5.70. The van der Waals surface area contributed by atoms with Crippen molar-refractivity contribution >= 4 is 5.91 Å². The van der Waals surface area contributed by atoms with Gasteiger partial charge >= 0.3 is 0 Å². The number of rotatable bonds is 5. The summed E-state index contributed by atoms with van der Waals surface area (Å²) in [6, 6.07) is 15.6. The average Bonchev–Trinajstić information content (AvgIpc) is 3.02. The quantitative estimate of drug-likeness (QED) is 0.780. The minimum absolute atomic E-state index is 0.197. The SMILES string of the molecule is Cc1onc(-c2ccccn2)c1C(=O)NCC(C)c1ccccc1. The molecule has 0 bridgehead atoms. The van der Waals surface area contributed by atoms with Gasteiger partial charge in [-0.3, -0.25) is 9.78 Å². The molecule has 122 valence electrons. The number of nitrogens with zero attached hydrogens (tertiary/aromatic N) is 2. The summed E-state index contributed by atoms with van der Waals surface area (Å²) in [7, 11) is 0. The summed E-state index contributed by atoms with van der Waals surface area (Å²) in [6.07, 6.45) is 1.67. The van der Waals surface area contributed by atoms with Gasteiger partial charge in [-0.2, -0.15) is 0 Å². The predicted molar refractivity (Wildman–Crippen MR) is 91.7 cm³/mol. The Kier molecular flexibility index (Phi) is 4.70. The van der Waals surface area contributed by atoms with Crippen LogP contribution in [0.25, 0.3) is 11.4 Å². The standard InChI is InChI=1S/C19H19N3O2/c1-13(15-8-4-3-5-9-15)12-21-19(23)17-14(2)24-22-18(17)16-10-6-7-11-20-16/h3-11,13H,12H2,1-2H3,(H,21,23). The number of carbonyl (C=O) groups excluding carboxylic acids is 1. The maximum Gasteiger partial charge on any atom is 0.257 e. The molecule has 1 atom stereocenters. The van der Waals surface area contributed by atoms with E-state index in [1.807, 2.05) is 30.3 Å². The van der Waals surface area contributed by atoms with Gasteiger partial charge in [0.05, 0.1) is 5.69 Å². The summed E-state index contributed by atoms with van der Waals surface area (Å²) in [5.74, 6) is 0.506. The van der Waals surface area contributed by atoms with Gasteiger partial charge in [0.25, 0.3) is 5.91 Å². The van der Waals surface area contributed by atoms with Gasteiger partial charge in [0, 0.05) is 12.7 Å². The van der Waals surface area contributed by atoms with Crippen LogP contribution in [0.1, 0.15) is 34.5 Å². The zero-order valence-electron chi connectivity index (χ0n) is 13.7. The number of carbonyl (C=O) groups is 1. The third-order valence-corrected chi connectivity index (χ3v) is 3.93. The van der Waals surface area contributed by atoms with Crippen molar-refractivity contribution in [2.45, 2.75) is 19.8 Å². The number of hydrogen-bond acceptors (Lipinski definition) is 4. The third kappa shape index (κ3) is 3.35. The second-order valence-corrected chi connectivity index (χ2v) is 5.70. The molecule has 3 rings (SSSR count). The Morgan fingerprint density at radius 3 is 2.62 bits per heavy atom. The molecule has 0 spiro atoms. The van der Waals surface area contributed by atoms with Crippen molar-refractivity contribution in [3.63, 3.8) is 0 Å². The molecular weight excluding hydrogens is 302 g/mol. The summed E-state index contributed by atoms with van der Waals surface area (Å²) in [5.41, 5.74) is 2.72. The summed E-state index contributed by atoms with van der Waals surface area (Å²) >= 11 is 0. The van der Waals surface area contributed by atoms with E-state index in [9.17, 15) is 4.79 Å². The average molecular weight is 321 g/mol. The van der Waals surface area contributed by atoms with Crippen LogP contribution >= 0.6 is 0 Å². The van der Waals surface area contributed by atoms with E-state index >= 15 is 0 Å². The third-order valence-electron chi connectivity index (χ3n) is 3.93. The van der Waals surface area contributed by atoms with Crippen molar-refractivity contribution in [3.05, 3.63) is 71.6 Å². The highest BCUT2D eigenvalue weighted by molar-refractivity contribution is 6.00. The maximum absolute atomic E-state index is 12.6. The summed E-state index contributed by atoms with van der Waals surface area (Å²) < 4.78 is 5.21. The number of aryl methyl sites for hydroxylation is 1. The van der Waals surface area contributed by atoms with E-state index in [0.29, 0.717) is 29.3 Å². The first-order chi connectivity index (χ1) is 11.7. The molecule has 5 heteroatoms. The van der Waals surface area contributed by atoms with Crippen LogP contribution in [-0.2, 0) is 0 Å². The first-order valence-corrected chi connectivity index (χ1v) is 7.87. The molecule has 0 radical (unpaired) electrons. The summed E-state index contributed by atoms with van der Waals surface area (Å²) in [6.45, 7) is 4.35. The fourth-order valence-electron chi connectivity index (χ4n) is 2.55. The van der Waals surface area contributed by atoms with Crippen LogP contribution in [-0.4, -0.2) is 22.6 Å². The zero-order valence-corrected chi connectivity index (χ0v) is 13.7. The van der Waals surface area contributed by atoms with Crippen LogP contribution < -0.4 is 5.32 Å². The number of benzene rings is 1. The molecule has 0 fully saturated rings. The van der Waals surface area contributed by atoms with E-state index in [1.165, 1.54) is 5.56 Å². The van der Waals surface area contributed by atoms with Crippen molar-refractivity contribution in [2.75, 3.05) is 6.54 Å². The predicted octanol–water partition coefficient (Wildman–Crippen LogP) is 3.58. The van der Waals surface area contributed by atoms with Gasteiger partial charge in [-0.25, -0.2) is 0 Å². The minimum atomic E-state index is -0.197. The van der Waals surface area contributed by atoms with E-state index in [0.717, 1.165) is 0 Å². The maximum atomic E-state index is 12.6. The fraction of sp³-hybridized carbons (Fsp3) is 0.211. The van der Waals surface area contributed by atoms with Crippen LogP contribution in [0.3, 0.4) is 0 Å². The number of hydrogen-bond donors (Lipinski definition) is 1. The molecule has 2 heterocycles. The summed E-state index contributed by atoms with van der Waals surface area (Å²) in [4.78, 5) is 16.9. The Morgan fingerprint density at radius 2 is 1.92 bits per heavy atom. The topological polar surface area (TPSA) is 68.0 Å². The van der Waals surface area contributed by atoms with E-state index in [2.05, 4.69) is 34.5 Å². The normalized spacial score (nSPS) is 11.9. The van der Waals surface area contributed by atoms with Crippen molar-refractivity contribution in [3.8, 4) is 11.4 Å². The number of pyridine rings is 1. The lowest BCUT2D eigenvalue weighted by Gasteiger charge is -2.13. The molecule has 5 nitrogen and oxygen atoms in total. The van der Waals surface area contributed by atoms with Gasteiger partial charge in [-0.15, -0.1) is 0 Å². The van der Waals surface area contributed by atoms with Crippen molar-refractivity contribution in [1.82, 2.24) is 15.5 Å². The minimum Gasteiger partial charge on any atom is -0.360 e. The highest BCUT2D eigenvalue weighted by Crippen LogP contribution is 2.23. The Balaban J connectivity index is 1.75. The van der Waals surface area contributed by atoms with E-state index < -0.39 is 0 Å². The largest absolute Gasteiger partial charge is 0.360 e. The van der Waals surface area contributed by atoms with Crippen molar-refractivity contribution in [1.29, 1.82) is 0 Å². The second kappa shape index (κ2) is 7.08. The van der Waals surface area contributed by atoms with E-state index in [4.69, 9.17) is 4.52 Å². The first kappa shape index (κ1) is 15.9. The van der Waals surface area contributed by atoms with Gasteiger partial charge in [-0.05, 0) is 30.5 Å². The van der Waals surface area contributed by atoms with Crippen molar-refractivity contribution in [2.24, 2.45) is 0 Å². The summed E-state index contributed by atoms with van der Waals surface area (Å²) in [5, 5.41) is 6.96. The van der Waals surface area contributed by atoms with Gasteiger partial charge < -0.3 is 9.84 Å². The molecule has 0 saturated heterocycles. The molecule has 0 saturated carbocycles. The fourth-order valence-corrected chi connectivity index (χ4v) is 2.55. The lowest BCUT2D eigenvalue weighted by atomic mass is 10.0. The lowest BCUT2D eigenvalue weighted by molar-refractivity contribution is 0.0950. The van der Waals surface area contributed by atoms with Crippen LogP contribution in [0.5, 0.6) is 0 Å². The number of amides is 1. The molecule has 1 N–H and O–H groups in total. The number of nitrogens with one attached hydrogen (secondary N) is 1. The smallest absolute Gasteiger partial charge is 0.257 e. The first-order valence-electron chi connectivity index (χ1n) is 7.87. The highest BCUT2D eigenvalue weighted by Gasteiger charge is 2.22. The molecule has 0 aliphatic rings. The molecule has 0 aliphatic heterocycles. The molecule has 0 aliphatic carbocycles. The molecule has 1 unspecified atom stereocenters. The Labute approximate surface area is 140 Å².